The Hall–Kier alpha value is -1.87. The highest BCUT2D eigenvalue weighted by molar-refractivity contribution is 5.32. The Balaban J connectivity index is 2.15. The molecular formula is C18H22FNO. The van der Waals surface area contributed by atoms with Gasteiger partial charge in [0.25, 0.3) is 0 Å². The Kier molecular flexibility index (Phi) is 5.34. The van der Waals surface area contributed by atoms with E-state index < -0.39 is 0 Å². The molecular weight excluding hydrogens is 265 g/mol. The number of halogens is 1. The molecule has 1 unspecified atom stereocenters. The van der Waals surface area contributed by atoms with Gasteiger partial charge in [-0.2, -0.15) is 0 Å². The second-order valence-electron chi connectivity index (χ2n) is 5.37. The molecule has 112 valence electrons. The van der Waals surface area contributed by atoms with Crippen LogP contribution in [0, 0.1) is 18.7 Å². The van der Waals surface area contributed by atoms with E-state index in [2.05, 4.69) is 19.1 Å². The van der Waals surface area contributed by atoms with Gasteiger partial charge in [-0.15, -0.1) is 0 Å². The van der Waals surface area contributed by atoms with Gasteiger partial charge in [0.1, 0.15) is 0 Å². The van der Waals surface area contributed by atoms with Gasteiger partial charge in [-0.05, 0) is 55.0 Å². The maximum absolute atomic E-state index is 14.2. The summed E-state index contributed by atoms with van der Waals surface area (Å²) < 4.78 is 19.3. The molecule has 0 aliphatic rings. The van der Waals surface area contributed by atoms with Crippen LogP contribution < -0.4 is 10.5 Å². The summed E-state index contributed by atoms with van der Waals surface area (Å²) in [5, 5.41) is 0. The van der Waals surface area contributed by atoms with Crippen LogP contribution >= 0.6 is 0 Å². The zero-order valence-electron chi connectivity index (χ0n) is 12.6. The average Bonchev–Trinajstić information content (AvgIpc) is 2.50. The molecule has 2 N–H and O–H groups in total. The molecule has 0 spiro atoms. The van der Waals surface area contributed by atoms with E-state index in [0.717, 1.165) is 6.42 Å². The van der Waals surface area contributed by atoms with Gasteiger partial charge >= 0.3 is 0 Å². The van der Waals surface area contributed by atoms with E-state index in [4.69, 9.17) is 10.5 Å². The Morgan fingerprint density at radius 2 is 1.71 bits per heavy atom. The molecule has 0 aliphatic carbocycles. The van der Waals surface area contributed by atoms with Gasteiger partial charge in [0.05, 0.1) is 7.11 Å². The van der Waals surface area contributed by atoms with Crippen LogP contribution in [0.1, 0.15) is 16.7 Å². The van der Waals surface area contributed by atoms with Crippen molar-refractivity contribution in [2.75, 3.05) is 13.7 Å². The molecule has 0 heterocycles. The van der Waals surface area contributed by atoms with Crippen LogP contribution in [0.15, 0.2) is 42.5 Å². The van der Waals surface area contributed by atoms with Crippen molar-refractivity contribution in [1.82, 2.24) is 0 Å². The zero-order chi connectivity index (χ0) is 15.2. The van der Waals surface area contributed by atoms with E-state index in [9.17, 15) is 4.39 Å². The highest BCUT2D eigenvalue weighted by Gasteiger charge is 2.15. The number of methoxy groups -OCH3 is 1. The first-order valence-electron chi connectivity index (χ1n) is 7.21. The molecule has 1 atom stereocenters. The lowest BCUT2D eigenvalue weighted by Crippen LogP contribution is -2.20. The second kappa shape index (κ2) is 7.23. The fraction of sp³-hybridized carbons (Fsp3) is 0.333. The van der Waals surface area contributed by atoms with Crippen LogP contribution in [-0.4, -0.2) is 13.7 Å². The minimum absolute atomic E-state index is 0.215. The van der Waals surface area contributed by atoms with Gasteiger partial charge < -0.3 is 10.5 Å². The van der Waals surface area contributed by atoms with Gasteiger partial charge in [0, 0.05) is 0 Å². The summed E-state index contributed by atoms with van der Waals surface area (Å²) in [4.78, 5) is 0. The molecule has 0 aliphatic heterocycles. The van der Waals surface area contributed by atoms with Crippen molar-refractivity contribution < 1.29 is 9.13 Å². The van der Waals surface area contributed by atoms with Gasteiger partial charge in [0.15, 0.2) is 11.6 Å². The maximum atomic E-state index is 14.2. The molecule has 0 saturated heterocycles. The van der Waals surface area contributed by atoms with E-state index in [1.54, 1.807) is 12.1 Å². The predicted octanol–water partition coefficient (Wildman–Crippen LogP) is 3.50. The standard InChI is InChI=1S/C18H22FNO/c1-13-6-3-4-7-15(13)10-14(12-20)11-16-8-5-9-17(21-2)18(16)19/h3-9,14H,10-12,20H2,1-2H3. The summed E-state index contributed by atoms with van der Waals surface area (Å²) in [7, 11) is 1.48. The van der Waals surface area contributed by atoms with Gasteiger partial charge in [-0.3, -0.25) is 0 Å². The summed E-state index contributed by atoms with van der Waals surface area (Å²) in [6.45, 7) is 2.63. The fourth-order valence-electron chi connectivity index (χ4n) is 2.57. The maximum Gasteiger partial charge on any atom is 0.168 e. The van der Waals surface area contributed by atoms with Crippen molar-refractivity contribution in [2.24, 2.45) is 11.7 Å². The molecule has 0 saturated carbocycles. The zero-order valence-corrected chi connectivity index (χ0v) is 12.6. The first kappa shape index (κ1) is 15.5. The summed E-state index contributed by atoms with van der Waals surface area (Å²) in [5.74, 6) is 0.232. The molecule has 2 aromatic carbocycles. The third-order valence-electron chi connectivity index (χ3n) is 3.87. The molecule has 0 bridgehead atoms. The summed E-state index contributed by atoms with van der Waals surface area (Å²) in [6, 6.07) is 13.5. The number of nitrogens with two attached hydrogens (primary N) is 1. The fourth-order valence-corrected chi connectivity index (χ4v) is 2.57. The Morgan fingerprint density at radius 1 is 1.05 bits per heavy atom. The summed E-state index contributed by atoms with van der Waals surface area (Å²) >= 11 is 0. The molecule has 21 heavy (non-hydrogen) atoms. The minimum Gasteiger partial charge on any atom is -0.494 e. The lowest BCUT2D eigenvalue weighted by atomic mass is 9.90. The smallest absolute Gasteiger partial charge is 0.168 e. The second-order valence-corrected chi connectivity index (χ2v) is 5.37. The van der Waals surface area contributed by atoms with Crippen LogP contribution in [0.4, 0.5) is 4.39 Å². The van der Waals surface area contributed by atoms with Crippen LogP contribution in [0.25, 0.3) is 0 Å². The number of benzene rings is 2. The summed E-state index contributed by atoms with van der Waals surface area (Å²) in [6.07, 6.45) is 1.48. The van der Waals surface area contributed by atoms with E-state index in [0.29, 0.717) is 24.3 Å². The largest absolute Gasteiger partial charge is 0.494 e. The predicted molar refractivity (Wildman–Crippen MR) is 84.1 cm³/mol. The molecule has 0 amide bonds. The van der Waals surface area contributed by atoms with Gasteiger partial charge in [-0.25, -0.2) is 4.39 Å². The Labute approximate surface area is 125 Å². The number of ether oxygens (including phenoxy) is 1. The van der Waals surface area contributed by atoms with Crippen molar-refractivity contribution in [3.8, 4) is 5.75 Å². The Bertz CT molecular complexity index is 598. The number of aryl methyl sites for hydroxylation is 1. The first-order chi connectivity index (χ1) is 10.2. The minimum atomic E-state index is -0.275. The van der Waals surface area contributed by atoms with Crippen LogP contribution in [0.2, 0.25) is 0 Å². The lowest BCUT2D eigenvalue weighted by molar-refractivity contribution is 0.382. The molecule has 2 aromatic rings. The van der Waals surface area contributed by atoms with Crippen molar-refractivity contribution in [3.05, 3.63) is 65.0 Å². The van der Waals surface area contributed by atoms with Crippen LogP contribution in [0.5, 0.6) is 5.75 Å². The first-order valence-corrected chi connectivity index (χ1v) is 7.21. The monoisotopic (exact) mass is 287 g/mol. The third-order valence-corrected chi connectivity index (χ3v) is 3.87. The third kappa shape index (κ3) is 3.82. The van der Waals surface area contributed by atoms with Gasteiger partial charge in [-0.1, -0.05) is 36.4 Å². The van der Waals surface area contributed by atoms with E-state index in [-0.39, 0.29) is 11.7 Å². The molecule has 0 aromatic heterocycles. The van der Waals surface area contributed by atoms with Crippen LogP contribution in [0.3, 0.4) is 0 Å². The van der Waals surface area contributed by atoms with E-state index in [1.807, 2.05) is 18.2 Å². The highest BCUT2D eigenvalue weighted by Crippen LogP contribution is 2.24. The molecule has 2 rings (SSSR count). The van der Waals surface area contributed by atoms with Crippen molar-refractivity contribution in [3.63, 3.8) is 0 Å². The normalized spacial score (nSPS) is 12.2. The van der Waals surface area contributed by atoms with Crippen LogP contribution in [-0.2, 0) is 12.8 Å². The molecule has 2 nitrogen and oxygen atoms in total. The molecule has 0 radical (unpaired) electrons. The van der Waals surface area contributed by atoms with Crippen molar-refractivity contribution in [2.45, 2.75) is 19.8 Å². The van der Waals surface area contributed by atoms with Gasteiger partial charge in [0.2, 0.25) is 0 Å². The average molecular weight is 287 g/mol. The Morgan fingerprint density at radius 3 is 2.38 bits per heavy atom. The number of rotatable bonds is 6. The quantitative estimate of drug-likeness (QED) is 0.882. The topological polar surface area (TPSA) is 35.2 Å². The van der Waals surface area contributed by atoms with E-state index in [1.165, 1.54) is 18.2 Å². The number of hydrogen-bond donors (Lipinski definition) is 1. The number of hydrogen-bond acceptors (Lipinski definition) is 2. The molecule has 0 fully saturated rings. The highest BCUT2D eigenvalue weighted by atomic mass is 19.1. The SMILES string of the molecule is COc1cccc(CC(CN)Cc2ccccc2C)c1F. The van der Waals surface area contributed by atoms with E-state index >= 15 is 0 Å². The van der Waals surface area contributed by atoms with Crippen molar-refractivity contribution in [1.29, 1.82) is 0 Å². The van der Waals surface area contributed by atoms with Crippen molar-refractivity contribution >= 4 is 0 Å². The summed E-state index contributed by atoms with van der Waals surface area (Å²) in [5.41, 5.74) is 9.08. The molecule has 3 heteroatoms. The lowest BCUT2D eigenvalue weighted by Gasteiger charge is -2.17.